The van der Waals surface area contributed by atoms with E-state index in [0.29, 0.717) is 4.21 Å². The Bertz CT molecular complexity index is 563. The number of amides is 1. The number of aryl methyl sites for hydroxylation is 1. The first kappa shape index (κ1) is 16.5. The predicted molar refractivity (Wildman–Crippen MR) is 84.7 cm³/mol. The lowest BCUT2D eigenvalue weighted by molar-refractivity contribution is 0.0211. The first-order valence-electron chi connectivity index (χ1n) is 6.91. The molecule has 0 aliphatic heterocycles. The van der Waals surface area contributed by atoms with E-state index in [1.807, 2.05) is 26.8 Å². The van der Waals surface area contributed by atoms with E-state index in [0.717, 1.165) is 19.3 Å². The fraction of sp³-hybridized carbons (Fsp3) is 0.643. The molecule has 118 valence electrons. The lowest BCUT2D eigenvalue weighted by Crippen LogP contribution is -2.43. The Kier molecular flexibility index (Phi) is 4.75. The average molecular weight is 330 g/mol. The van der Waals surface area contributed by atoms with E-state index < -0.39 is 16.6 Å². The fourth-order valence-corrected chi connectivity index (χ4v) is 4.28. The number of nitrogens with zero attached hydrogens (tertiary/aromatic N) is 1. The van der Waals surface area contributed by atoms with Gasteiger partial charge in [0.1, 0.15) is 20.8 Å². The van der Waals surface area contributed by atoms with Crippen LogP contribution in [0.3, 0.4) is 0 Å². The first-order valence-corrected chi connectivity index (χ1v) is 8.94. The molecular weight excluding hydrogens is 308 g/mol. The summed E-state index contributed by atoms with van der Waals surface area (Å²) in [4.78, 5) is 15.0. The summed E-state index contributed by atoms with van der Waals surface area (Å²) in [6, 6.07) is 2.05. The standard InChI is InChI=1S/C14H22N2O3S2/c1-14(2,3)19-13(17)16(4)10-6-5-9-7-12(21(15)18)20-11(9)8-10/h7,10H,5-6,8,15H2,1-4H3. The summed E-state index contributed by atoms with van der Waals surface area (Å²) < 4.78 is 17.5. The van der Waals surface area contributed by atoms with Gasteiger partial charge in [-0.1, -0.05) is 0 Å². The zero-order chi connectivity index (χ0) is 15.8. The molecular formula is C14H22N2O3S2. The first-order chi connectivity index (χ1) is 9.67. The van der Waals surface area contributed by atoms with Gasteiger partial charge in [-0.2, -0.15) is 0 Å². The van der Waals surface area contributed by atoms with Crippen LogP contribution in [0.25, 0.3) is 0 Å². The molecule has 1 aromatic rings. The monoisotopic (exact) mass is 330 g/mol. The van der Waals surface area contributed by atoms with Crippen molar-refractivity contribution >= 4 is 28.4 Å². The Hall–Kier alpha value is -0.920. The van der Waals surface area contributed by atoms with Crippen LogP contribution in [0, 0.1) is 0 Å². The van der Waals surface area contributed by atoms with Crippen LogP contribution in [0.1, 0.15) is 37.6 Å². The zero-order valence-electron chi connectivity index (χ0n) is 12.8. The van der Waals surface area contributed by atoms with Crippen molar-refractivity contribution in [1.82, 2.24) is 4.90 Å². The molecule has 2 atom stereocenters. The molecule has 0 spiro atoms. The van der Waals surface area contributed by atoms with Crippen molar-refractivity contribution in [2.24, 2.45) is 5.14 Å². The van der Waals surface area contributed by atoms with E-state index in [-0.39, 0.29) is 12.1 Å². The third-order valence-corrected chi connectivity index (χ3v) is 5.72. The molecule has 2 N–H and O–H groups in total. The maximum absolute atomic E-state index is 12.1. The zero-order valence-corrected chi connectivity index (χ0v) is 14.5. The summed E-state index contributed by atoms with van der Waals surface area (Å²) >= 11 is 1.49. The van der Waals surface area contributed by atoms with Crippen molar-refractivity contribution in [3.63, 3.8) is 0 Å². The highest BCUT2D eigenvalue weighted by Gasteiger charge is 2.29. The molecule has 2 rings (SSSR count). The highest BCUT2D eigenvalue weighted by molar-refractivity contribution is 7.85. The van der Waals surface area contributed by atoms with Gasteiger partial charge in [-0.3, -0.25) is 0 Å². The van der Waals surface area contributed by atoms with Crippen molar-refractivity contribution in [3.8, 4) is 0 Å². The minimum atomic E-state index is -1.42. The summed E-state index contributed by atoms with van der Waals surface area (Å²) in [5, 5.41) is 5.44. The minimum absolute atomic E-state index is 0.116. The molecule has 21 heavy (non-hydrogen) atoms. The molecule has 1 aliphatic rings. The molecule has 1 heterocycles. The van der Waals surface area contributed by atoms with Gasteiger partial charge < -0.3 is 9.64 Å². The van der Waals surface area contributed by atoms with Crippen LogP contribution in [0.5, 0.6) is 0 Å². The number of carbonyl (C=O) groups is 1. The van der Waals surface area contributed by atoms with E-state index >= 15 is 0 Å². The van der Waals surface area contributed by atoms with Crippen molar-refractivity contribution in [2.75, 3.05) is 7.05 Å². The van der Waals surface area contributed by atoms with Gasteiger partial charge in [0, 0.05) is 24.4 Å². The lowest BCUT2D eigenvalue weighted by atomic mass is 9.94. The SMILES string of the molecule is CN(C(=O)OC(C)(C)C)C1CCc2cc(S(N)=O)sc2C1. The summed E-state index contributed by atoms with van der Waals surface area (Å²) in [7, 11) is 0.352. The Labute approximate surface area is 132 Å². The van der Waals surface area contributed by atoms with E-state index in [1.54, 1.807) is 11.9 Å². The van der Waals surface area contributed by atoms with Crippen LogP contribution < -0.4 is 5.14 Å². The molecule has 5 nitrogen and oxygen atoms in total. The second-order valence-corrected chi connectivity index (χ2v) is 8.73. The number of nitrogens with two attached hydrogens (primary N) is 1. The molecule has 0 aromatic carbocycles. The van der Waals surface area contributed by atoms with Gasteiger partial charge >= 0.3 is 6.09 Å². The van der Waals surface area contributed by atoms with Gasteiger partial charge in [-0.05, 0) is 45.2 Å². The van der Waals surface area contributed by atoms with E-state index in [9.17, 15) is 9.00 Å². The highest BCUT2D eigenvalue weighted by Crippen LogP contribution is 2.32. The van der Waals surface area contributed by atoms with E-state index in [4.69, 9.17) is 9.88 Å². The average Bonchev–Trinajstić information content (AvgIpc) is 2.78. The Morgan fingerprint density at radius 3 is 2.76 bits per heavy atom. The van der Waals surface area contributed by atoms with Crippen LogP contribution in [0.4, 0.5) is 4.79 Å². The Morgan fingerprint density at radius 2 is 2.19 bits per heavy atom. The third-order valence-electron chi connectivity index (χ3n) is 3.47. The molecule has 0 fully saturated rings. The highest BCUT2D eigenvalue weighted by atomic mass is 32.2. The number of hydrogen-bond donors (Lipinski definition) is 1. The molecule has 1 aromatic heterocycles. The molecule has 2 unspecified atom stereocenters. The van der Waals surface area contributed by atoms with Crippen molar-refractivity contribution in [2.45, 2.75) is 55.9 Å². The fourth-order valence-electron chi connectivity index (χ4n) is 2.37. The van der Waals surface area contributed by atoms with Gasteiger partial charge in [-0.15, -0.1) is 11.3 Å². The number of ether oxygens (including phenoxy) is 1. The second-order valence-electron chi connectivity index (χ2n) is 6.30. The molecule has 0 bridgehead atoms. The maximum atomic E-state index is 12.1. The number of hydrogen-bond acceptors (Lipinski definition) is 4. The van der Waals surface area contributed by atoms with Crippen LogP contribution in [0.2, 0.25) is 0 Å². The van der Waals surface area contributed by atoms with Gasteiger partial charge in [0.15, 0.2) is 0 Å². The molecule has 0 saturated carbocycles. The summed E-state index contributed by atoms with van der Waals surface area (Å²) in [6.45, 7) is 5.58. The summed E-state index contributed by atoms with van der Waals surface area (Å²) in [5.41, 5.74) is 0.722. The lowest BCUT2D eigenvalue weighted by Gasteiger charge is -2.32. The second kappa shape index (κ2) is 6.06. The number of rotatable bonds is 2. The molecule has 0 saturated heterocycles. The van der Waals surface area contributed by atoms with E-state index in [2.05, 4.69) is 0 Å². The predicted octanol–water partition coefficient (Wildman–Crippen LogP) is 2.45. The smallest absolute Gasteiger partial charge is 0.410 e. The summed E-state index contributed by atoms with van der Waals surface area (Å²) in [5.74, 6) is 0. The number of thiophene rings is 1. The van der Waals surface area contributed by atoms with Gasteiger partial charge in [0.25, 0.3) is 0 Å². The summed E-state index contributed by atoms with van der Waals surface area (Å²) in [6.07, 6.45) is 2.24. The van der Waals surface area contributed by atoms with Gasteiger partial charge in [0.2, 0.25) is 0 Å². The molecule has 1 aliphatic carbocycles. The molecule has 7 heteroatoms. The molecule has 1 amide bonds. The van der Waals surface area contributed by atoms with E-state index in [1.165, 1.54) is 21.8 Å². The Morgan fingerprint density at radius 1 is 1.52 bits per heavy atom. The number of carbonyl (C=O) groups excluding carboxylic acids is 1. The third kappa shape index (κ3) is 4.05. The van der Waals surface area contributed by atoms with Crippen LogP contribution in [-0.2, 0) is 28.6 Å². The largest absolute Gasteiger partial charge is 0.444 e. The van der Waals surface area contributed by atoms with Crippen molar-refractivity contribution < 1.29 is 13.7 Å². The van der Waals surface area contributed by atoms with Crippen molar-refractivity contribution in [1.29, 1.82) is 0 Å². The van der Waals surface area contributed by atoms with Gasteiger partial charge in [-0.25, -0.2) is 14.1 Å². The van der Waals surface area contributed by atoms with Crippen LogP contribution in [0.15, 0.2) is 10.3 Å². The minimum Gasteiger partial charge on any atom is -0.444 e. The normalized spacial score (nSPS) is 19.8. The van der Waals surface area contributed by atoms with Crippen LogP contribution >= 0.6 is 11.3 Å². The maximum Gasteiger partial charge on any atom is 0.410 e. The topological polar surface area (TPSA) is 72.6 Å². The Balaban J connectivity index is 2.06. The molecule has 0 radical (unpaired) electrons. The quantitative estimate of drug-likeness (QED) is 0.905. The number of fused-ring (bicyclic) bond motifs is 1. The number of likely N-dealkylation sites (N-methyl/N-ethyl adjacent to an activating group) is 1. The van der Waals surface area contributed by atoms with Crippen molar-refractivity contribution in [3.05, 3.63) is 16.5 Å². The van der Waals surface area contributed by atoms with Gasteiger partial charge in [0.05, 0.1) is 0 Å². The van der Waals surface area contributed by atoms with Crippen LogP contribution in [-0.4, -0.2) is 33.9 Å².